The first kappa shape index (κ1) is 41.2. The summed E-state index contributed by atoms with van der Waals surface area (Å²) in [6, 6.07) is 7.40. The largest absolute Gasteiger partial charge is 0.374 e. The molecule has 0 spiro atoms. The number of carbonyl (C=O) groups is 3. The number of fused-ring (bicyclic) bond motifs is 4. The fraction of sp³-hybridized carbons (Fsp3) is 0.578. The van der Waals surface area contributed by atoms with Crippen molar-refractivity contribution >= 4 is 45.9 Å². The van der Waals surface area contributed by atoms with E-state index >= 15 is 0 Å². The molecule has 5 aromatic rings. The van der Waals surface area contributed by atoms with E-state index in [2.05, 4.69) is 41.6 Å². The number of aromatic nitrogens is 7. The molecule has 8 heterocycles. The highest BCUT2D eigenvalue weighted by atomic mass is 19.3. The van der Waals surface area contributed by atoms with Gasteiger partial charge < -0.3 is 24.8 Å². The standard InChI is InChI=1S/C45H54F2N12O5/c1-53-40-32(3-2-4-35(40)59(45(53)63)36-9-10-38(60)51-44(36)62)28-17-27(18-28)22-55-15-13-54(14-16-55)21-26-5-7-29(8-6-26)58-24-34(39(52-58)41(46)47)49-43(61)33-20-48-57-12-11-37(50-42(33)57)56-23-31-19-30(56)25-64-31/h2-4,11-12,20,24,26-31,36,41H,5-10,13-19,21-23,25H2,1H3,(H,49,61)(H,51,60,62)/t26?,27?,28?,29?,30-,31-,36?/m1/s1. The predicted octanol–water partition coefficient (Wildman–Crippen LogP) is 4.27. The first-order valence-electron chi connectivity index (χ1n) is 22.9. The minimum absolute atomic E-state index is 0.00737. The highest BCUT2D eigenvalue weighted by Crippen LogP contribution is 2.45. The van der Waals surface area contributed by atoms with Crippen molar-refractivity contribution in [1.29, 1.82) is 0 Å². The topological polar surface area (TPSA) is 169 Å². The lowest BCUT2D eigenvalue weighted by Crippen LogP contribution is -2.50. The zero-order chi connectivity index (χ0) is 43.8. The number of halogens is 2. The second-order valence-electron chi connectivity index (χ2n) is 19.0. The number of ether oxygens (including phenoxy) is 1. The van der Waals surface area contributed by atoms with E-state index < -0.39 is 30.0 Å². The number of nitrogens with zero attached hydrogens (tertiary/aromatic N) is 10. The second-order valence-corrected chi connectivity index (χ2v) is 19.0. The normalized spacial score (nSPS) is 27.8. The van der Waals surface area contributed by atoms with Crippen molar-refractivity contribution in [2.45, 2.75) is 94.4 Å². The Morgan fingerprint density at radius 1 is 0.953 bits per heavy atom. The zero-order valence-electron chi connectivity index (χ0n) is 36.0. The van der Waals surface area contributed by atoms with Crippen LogP contribution in [-0.2, 0) is 21.4 Å². The molecule has 3 amide bonds. The molecule has 2 saturated carbocycles. The number of imidazole rings is 1. The SMILES string of the molecule is Cn1c(=O)n(C2CCC(=O)NC2=O)c2cccc(C3CC(CN4CCN(CC5CCC(n6cc(NC(=O)c7cnn8ccc(N9C[C@H]%10C[C@@H]9CO%10)nc78)c(C(F)F)n6)CC5)CC4)C3)c21. The van der Waals surface area contributed by atoms with Crippen molar-refractivity contribution in [3.8, 4) is 0 Å². The molecular weight excluding hydrogens is 827 g/mol. The Kier molecular flexibility index (Phi) is 10.6. The zero-order valence-corrected chi connectivity index (χ0v) is 36.0. The smallest absolute Gasteiger partial charge is 0.329 e. The van der Waals surface area contributed by atoms with Gasteiger partial charge in [-0.3, -0.25) is 33.5 Å². The van der Waals surface area contributed by atoms with Crippen LogP contribution in [0.1, 0.15) is 104 Å². The van der Waals surface area contributed by atoms with Gasteiger partial charge in [0, 0.05) is 71.7 Å². The van der Waals surface area contributed by atoms with E-state index in [4.69, 9.17) is 9.72 Å². The summed E-state index contributed by atoms with van der Waals surface area (Å²) in [5, 5.41) is 13.7. The highest BCUT2D eigenvalue weighted by molar-refractivity contribution is 6.08. The lowest BCUT2D eigenvalue weighted by molar-refractivity contribution is -0.135. The van der Waals surface area contributed by atoms with E-state index in [9.17, 15) is 28.0 Å². The highest BCUT2D eigenvalue weighted by Gasteiger charge is 2.40. The average Bonchev–Trinajstić information content (AvgIpc) is 4.13. The summed E-state index contributed by atoms with van der Waals surface area (Å²) in [4.78, 5) is 63.6. The molecule has 64 heavy (non-hydrogen) atoms. The fourth-order valence-electron chi connectivity index (χ4n) is 11.5. The summed E-state index contributed by atoms with van der Waals surface area (Å²) < 4.78 is 40.8. The molecule has 2 aliphatic carbocycles. The third kappa shape index (κ3) is 7.47. The molecule has 2 N–H and O–H groups in total. The third-order valence-electron chi connectivity index (χ3n) is 15.0. The van der Waals surface area contributed by atoms with Crippen molar-refractivity contribution in [2.24, 2.45) is 18.9 Å². The van der Waals surface area contributed by atoms with Crippen LogP contribution in [0.25, 0.3) is 16.7 Å². The Hall–Kier alpha value is -5.53. The Labute approximate surface area is 367 Å². The van der Waals surface area contributed by atoms with Crippen LogP contribution in [0.2, 0.25) is 0 Å². The number of imide groups is 1. The summed E-state index contributed by atoms with van der Waals surface area (Å²) in [5.74, 6) is 0.923. The lowest BCUT2D eigenvalue weighted by atomic mass is 9.71. The van der Waals surface area contributed by atoms with Gasteiger partial charge in [-0.1, -0.05) is 12.1 Å². The molecule has 4 saturated heterocycles. The number of piperidine rings is 1. The van der Waals surface area contributed by atoms with Crippen LogP contribution in [0.4, 0.5) is 20.3 Å². The molecule has 1 aromatic carbocycles. The van der Waals surface area contributed by atoms with Gasteiger partial charge in [-0.2, -0.15) is 10.2 Å². The number of amides is 3. The van der Waals surface area contributed by atoms with Gasteiger partial charge in [0.1, 0.15) is 17.4 Å². The van der Waals surface area contributed by atoms with E-state index in [1.807, 2.05) is 18.2 Å². The molecule has 3 atom stereocenters. The number of morpholine rings is 1. The molecule has 338 valence electrons. The number of nitrogens with one attached hydrogen (secondary N) is 2. The molecule has 19 heteroatoms. The summed E-state index contributed by atoms with van der Waals surface area (Å²) in [7, 11) is 1.77. The monoisotopic (exact) mass is 880 g/mol. The van der Waals surface area contributed by atoms with Gasteiger partial charge in [0.2, 0.25) is 11.8 Å². The number of aryl methyl sites for hydroxylation is 1. The minimum atomic E-state index is -2.85. The molecule has 6 fully saturated rings. The molecule has 17 nitrogen and oxygen atoms in total. The van der Waals surface area contributed by atoms with Crippen LogP contribution in [0.15, 0.2) is 47.7 Å². The molecule has 2 bridgehead atoms. The summed E-state index contributed by atoms with van der Waals surface area (Å²) in [6.45, 7) is 7.55. The Bertz CT molecular complexity index is 2670. The summed E-state index contributed by atoms with van der Waals surface area (Å²) in [6.07, 6.45) is 9.30. The van der Waals surface area contributed by atoms with Gasteiger partial charge in [0.15, 0.2) is 11.3 Å². The first-order valence-corrected chi connectivity index (χ1v) is 22.9. The molecular formula is C45H54F2N12O5. The molecule has 1 unspecified atom stereocenters. The van der Waals surface area contributed by atoms with Crippen LogP contribution in [-0.4, -0.2) is 126 Å². The number of piperazine rings is 1. The number of anilines is 2. The van der Waals surface area contributed by atoms with Crippen LogP contribution in [0.5, 0.6) is 0 Å². The molecule has 6 aliphatic rings. The molecule has 11 rings (SSSR count). The molecule has 4 aliphatic heterocycles. The van der Waals surface area contributed by atoms with Crippen molar-refractivity contribution in [1.82, 2.24) is 48.6 Å². The van der Waals surface area contributed by atoms with Crippen LogP contribution in [0.3, 0.4) is 0 Å². The number of benzene rings is 1. The fourth-order valence-corrected chi connectivity index (χ4v) is 11.5. The number of hydrogen-bond donors (Lipinski definition) is 2. The lowest BCUT2D eigenvalue weighted by Gasteiger charge is -2.42. The average molecular weight is 881 g/mol. The maximum Gasteiger partial charge on any atom is 0.329 e. The molecule has 0 radical (unpaired) electrons. The second kappa shape index (κ2) is 16.5. The van der Waals surface area contributed by atoms with Gasteiger partial charge in [0.25, 0.3) is 12.3 Å². The number of hydrogen-bond acceptors (Lipinski definition) is 11. The Morgan fingerprint density at radius 3 is 2.42 bits per heavy atom. The summed E-state index contributed by atoms with van der Waals surface area (Å²) >= 11 is 0. The van der Waals surface area contributed by atoms with Crippen molar-refractivity contribution < 1.29 is 27.9 Å². The number of carbonyl (C=O) groups excluding carboxylic acids is 3. The van der Waals surface area contributed by atoms with Gasteiger partial charge in [-0.25, -0.2) is 23.1 Å². The molecule has 4 aromatic heterocycles. The van der Waals surface area contributed by atoms with Crippen LogP contribution < -0.4 is 21.2 Å². The van der Waals surface area contributed by atoms with E-state index in [0.717, 1.165) is 113 Å². The number of para-hydroxylation sites is 1. The quantitative estimate of drug-likeness (QED) is 0.182. The van der Waals surface area contributed by atoms with Crippen LogP contribution in [0, 0.1) is 11.8 Å². The maximum absolute atomic E-state index is 14.3. The van der Waals surface area contributed by atoms with Crippen molar-refractivity contribution in [3.63, 3.8) is 0 Å². The predicted molar refractivity (Wildman–Crippen MR) is 232 cm³/mol. The maximum atomic E-state index is 14.3. The van der Waals surface area contributed by atoms with E-state index in [1.54, 1.807) is 33.3 Å². The summed E-state index contributed by atoms with van der Waals surface area (Å²) in [5.41, 5.74) is 2.69. The van der Waals surface area contributed by atoms with Crippen molar-refractivity contribution in [3.05, 3.63) is 70.2 Å². The van der Waals surface area contributed by atoms with Gasteiger partial charge >= 0.3 is 5.69 Å². The van der Waals surface area contributed by atoms with E-state index in [1.165, 1.54) is 10.7 Å². The minimum Gasteiger partial charge on any atom is -0.374 e. The van der Waals surface area contributed by atoms with Crippen molar-refractivity contribution in [2.75, 3.05) is 62.6 Å². The Morgan fingerprint density at radius 2 is 1.72 bits per heavy atom. The third-order valence-corrected chi connectivity index (χ3v) is 15.0. The van der Waals surface area contributed by atoms with E-state index in [-0.39, 0.29) is 47.5 Å². The first-order chi connectivity index (χ1) is 31.0. The van der Waals surface area contributed by atoms with Gasteiger partial charge in [-0.15, -0.1) is 0 Å². The Balaban J connectivity index is 0.652. The number of alkyl halides is 2. The van der Waals surface area contributed by atoms with Gasteiger partial charge in [0.05, 0.1) is 47.7 Å². The van der Waals surface area contributed by atoms with E-state index in [0.29, 0.717) is 36.4 Å². The van der Waals surface area contributed by atoms with Crippen LogP contribution >= 0.6 is 0 Å². The number of rotatable bonds is 11. The van der Waals surface area contributed by atoms with Gasteiger partial charge in [-0.05, 0) is 86.8 Å².